The second-order valence-corrected chi connectivity index (χ2v) is 6.66. The number of fused-ring (bicyclic) bond motifs is 1. The van der Waals surface area contributed by atoms with Gasteiger partial charge < -0.3 is 9.72 Å². The van der Waals surface area contributed by atoms with Crippen molar-refractivity contribution in [3.05, 3.63) is 69.3 Å². The highest BCUT2D eigenvalue weighted by Gasteiger charge is 2.19. The average molecular weight is 380 g/mol. The molecule has 1 N–H and O–H groups in total. The zero-order valence-electron chi connectivity index (χ0n) is 13.7. The molecule has 0 aliphatic rings. The molecule has 0 aliphatic carbocycles. The average Bonchev–Trinajstić information content (AvgIpc) is 2.95. The Morgan fingerprint density at radius 1 is 1.36 bits per heavy atom. The van der Waals surface area contributed by atoms with Gasteiger partial charge in [-0.25, -0.2) is 9.37 Å². The highest BCUT2D eigenvalue weighted by atomic mass is 35.5. The molecule has 2 aromatic heterocycles. The van der Waals surface area contributed by atoms with Gasteiger partial charge in [0.25, 0.3) is 0 Å². The quantitative estimate of drug-likeness (QED) is 0.677. The van der Waals surface area contributed by atoms with E-state index in [1.807, 2.05) is 35.9 Å². The van der Waals surface area contributed by atoms with Gasteiger partial charge in [0.15, 0.2) is 0 Å². The molecule has 0 saturated carbocycles. The van der Waals surface area contributed by atoms with E-state index in [0.717, 1.165) is 11.2 Å². The molecule has 0 saturated heterocycles. The molecule has 1 aromatic carbocycles. The van der Waals surface area contributed by atoms with Crippen LogP contribution >= 0.6 is 23.2 Å². The van der Waals surface area contributed by atoms with Crippen LogP contribution in [0.5, 0.6) is 0 Å². The lowest BCUT2D eigenvalue weighted by Gasteiger charge is -2.17. The standard InChI is InChI=1S/C18H16Cl2FN3O/c1-10-4-3-7-24-9-12(23-18(10)24)8-15(25)22-11(2)16-13(19)5-6-14(21)17(16)20/h3-7,9,11H,8H2,1-2H3,(H,22,25). The van der Waals surface area contributed by atoms with Gasteiger partial charge in [0.2, 0.25) is 5.91 Å². The topological polar surface area (TPSA) is 46.4 Å². The minimum Gasteiger partial charge on any atom is -0.349 e. The molecule has 1 atom stereocenters. The van der Waals surface area contributed by atoms with E-state index in [2.05, 4.69) is 10.3 Å². The van der Waals surface area contributed by atoms with Crippen LogP contribution in [0.2, 0.25) is 10.0 Å². The molecule has 2 heterocycles. The summed E-state index contributed by atoms with van der Waals surface area (Å²) in [6, 6.07) is 5.97. The van der Waals surface area contributed by atoms with Crippen molar-refractivity contribution < 1.29 is 9.18 Å². The number of aromatic nitrogens is 2. The number of imidazole rings is 1. The van der Waals surface area contributed by atoms with Gasteiger partial charge in [-0.1, -0.05) is 29.3 Å². The summed E-state index contributed by atoms with van der Waals surface area (Å²) < 4.78 is 15.5. The lowest BCUT2D eigenvalue weighted by atomic mass is 10.1. The van der Waals surface area contributed by atoms with Crippen LogP contribution in [0.15, 0.2) is 36.7 Å². The maximum absolute atomic E-state index is 13.6. The van der Waals surface area contributed by atoms with Crippen LogP contribution in [0.1, 0.15) is 29.8 Å². The lowest BCUT2D eigenvalue weighted by molar-refractivity contribution is -0.121. The summed E-state index contributed by atoms with van der Waals surface area (Å²) in [5.74, 6) is -0.817. The Balaban J connectivity index is 1.76. The van der Waals surface area contributed by atoms with Gasteiger partial charge in [0.1, 0.15) is 11.5 Å². The predicted octanol–water partition coefficient (Wildman–Crippen LogP) is 4.51. The van der Waals surface area contributed by atoms with Crippen LogP contribution in [0.3, 0.4) is 0 Å². The normalized spacial score (nSPS) is 12.4. The number of nitrogens with zero attached hydrogens (tertiary/aromatic N) is 2. The third-order valence-corrected chi connectivity index (χ3v) is 4.67. The number of hydrogen-bond donors (Lipinski definition) is 1. The van der Waals surface area contributed by atoms with Gasteiger partial charge in [-0.15, -0.1) is 0 Å². The number of halogens is 3. The van der Waals surface area contributed by atoms with Crippen LogP contribution in [-0.4, -0.2) is 15.3 Å². The molecule has 3 aromatic rings. The van der Waals surface area contributed by atoms with Crippen molar-refractivity contribution in [3.63, 3.8) is 0 Å². The Morgan fingerprint density at radius 2 is 2.12 bits per heavy atom. The summed E-state index contributed by atoms with van der Waals surface area (Å²) >= 11 is 12.1. The zero-order valence-corrected chi connectivity index (χ0v) is 15.2. The number of nitrogens with one attached hydrogen (secondary N) is 1. The molecular weight excluding hydrogens is 364 g/mol. The van der Waals surface area contributed by atoms with Crippen LogP contribution in [0.4, 0.5) is 4.39 Å². The van der Waals surface area contributed by atoms with Crippen molar-refractivity contribution in [1.82, 2.24) is 14.7 Å². The monoisotopic (exact) mass is 379 g/mol. The minimum absolute atomic E-state index is 0.0799. The van der Waals surface area contributed by atoms with Gasteiger partial charge >= 0.3 is 0 Å². The number of carbonyl (C=O) groups excluding carboxylic acids is 1. The van der Waals surface area contributed by atoms with E-state index in [9.17, 15) is 9.18 Å². The molecule has 25 heavy (non-hydrogen) atoms. The first-order valence-electron chi connectivity index (χ1n) is 7.72. The number of amides is 1. The SMILES string of the molecule is Cc1cccn2cc(CC(=O)NC(C)c3c(Cl)ccc(F)c3Cl)nc12. The third kappa shape index (κ3) is 3.62. The Kier molecular flexibility index (Phi) is 4.97. The van der Waals surface area contributed by atoms with E-state index in [1.165, 1.54) is 12.1 Å². The Labute approximate surface area is 154 Å². The van der Waals surface area contributed by atoms with Gasteiger partial charge in [-0.3, -0.25) is 4.79 Å². The third-order valence-electron chi connectivity index (χ3n) is 3.96. The predicted molar refractivity (Wildman–Crippen MR) is 96.6 cm³/mol. The fraction of sp³-hybridized carbons (Fsp3) is 0.222. The summed E-state index contributed by atoms with van der Waals surface area (Å²) in [4.78, 5) is 16.8. The van der Waals surface area contributed by atoms with E-state index < -0.39 is 11.9 Å². The van der Waals surface area contributed by atoms with Crippen molar-refractivity contribution in [2.24, 2.45) is 0 Å². The van der Waals surface area contributed by atoms with Crippen molar-refractivity contribution in [1.29, 1.82) is 0 Å². The smallest absolute Gasteiger partial charge is 0.226 e. The lowest BCUT2D eigenvalue weighted by Crippen LogP contribution is -2.28. The first-order chi connectivity index (χ1) is 11.9. The number of rotatable bonds is 4. The molecule has 130 valence electrons. The van der Waals surface area contributed by atoms with Crippen LogP contribution in [-0.2, 0) is 11.2 Å². The largest absolute Gasteiger partial charge is 0.349 e. The first kappa shape index (κ1) is 17.7. The fourth-order valence-electron chi connectivity index (χ4n) is 2.76. The first-order valence-corrected chi connectivity index (χ1v) is 8.48. The summed E-state index contributed by atoms with van der Waals surface area (Å²) in [5.41, 5.74) is 2.85. The number of aryl methyl sites for hydroxylation is 1. The molecule has 1 amide bonds. The molecule has 0 aliphatic heterocycles. The van der Waals surface area contributed by atoms with E-state index in [-0.39, 0.29) is 17.4 Å². The summed E-state index contributed by atoms with van der Waals surface area (Å²) in [6.07, 6.45) is 3.80. The zero-order chi connectivity index (χ0) is 18.1. The van der Waals surface area contributed by atoms with E-state index in [1.54, 1.807) is 6.92 Å². The fourth-order valence-corrected chi connectivity index (χ4v) is 3.46. The summed E-state index contributed by atoms with van der Waals surface area (Å²) in [6.45, 7) is 3.67. The van der Waals surface area contributed by atoms with Gasteiger partial charge in [0.05, 0.1) is 23.2 Å². The molecular formula is C18H16Cl2FN3O. The Hall–Kier alpha value is -2.11. The molecule has 4 nitrogen and oxygen atoms in total. The molecule has 0 fully saturated rings. The molecule has 0 bridgehead atoms. The number of pyridine rings is 1. The maximum Gasteiger partial charge on any atom is 0.226 e. The van der Waals surface area contributed by atoms with Crippen molar-refractivity contribution >= 4 is 34.8 Å². The van der Waals surface area contributed by atoms with Gasteiger partial charge in [0, 0.05) is 23.0 Å². The minimum atomic E-state index is -0.571. The molecule has 0 radical (unpaired) electrons. The van der Waals surface area contributed by atoms with Gasteiger partial charge in [-0.05, 0) is 37.6 Å². The van der Waals surface area contributed by atoms with Crippen LogP contribution in [0, 0.1) is 12.7 Å². The highest BCUT2D eigenvalue weighted by molar-refractivity contribution is 6.36. The van der Waals surface area contributed by atoms with E-state index >= 15 is 0 Å². The van der Waals surface area contributed by atoms with Crippen molar-refractivity contribution in [3.8, 4) is 0 Å². The summed E-state index contributed by atoms with van der Waals surface area (Å²) in [5, 5.41) is 3.02. The van der Waals surface area contributed by atoms with Crippen LogP contribution < -0.4 is 5.32 Å². The Morgan fingerprint density at radius 3 is 2.84 bits per heavy atom. The number of carbonyl (C=O) groups is 1. The number of hydrogen-bond acceptors (Lipinski definition) is 2. The van der Waals surface area contributed by atoms with Crippen LogP contribution in [0.25, 0.3) is 5.65 Å². The van der Waals surface area contributed by atoms with Crippen molar-refractivity contribution in [2.75, 3.05) is 0 Å². The molecule has 1 unspecified atom stereocenters. The second-order valence-electron chi connectivity index (χ2n) is 5.88. The molecule has 3 rings (SSSR count). The van der Waals surface area contributed by atoms with Gasteiger partial charge in [-0.2, -0.15) is 0 Å². The van der Waals surface area contributed by atoms with E-state index in [0.29, 0.717) is 16.3 Å². The summed E-state index contributed by atoms with van der Waals surface area (Å²) in [7, 11) is 0. The second kappa shape index (κ2) is 7.02. The highest BCUT2D eigenvalue weighted by Crippen LogP contribution is 2.32. The molecule has 0 spiro atoms. The van der Waals surface area contributed by atoms with Crippen molar-refractivity contribution in [2.45, 2.75) is 26.3 Å². The maximum atomic E-state index is 13.6. The number of benzene rings is 1. The van der Waals surface area contributed by atoms with E-state index in [4.69, 9.17) is 23.2 Å². The molecule has 7 heteroatoms. The Bertz CT molecular complexity index is 955.